The number of Topliss-reactive ketones (excluding diaryl/α,β-unsaturated/α-hetero) is 1. The molecule has 2 aliphatic heterocycles. The maximum absolute atomic E-state index is 12.2. The fourth-order valence-corrected chi connectivity index (χ4v) is 4.89. The Labute approximate surface area is 156 Å². The number of aromatic nitrogens is 2. The molecular formula is C21H30N4O. The second kappa shape index (κ2) is 7.10. The maximum atomic E-state index is 12.2. The molecule has 3 atom stereocenters. The van der Waals surface area contributed by atoms with Crippen LogP contribution in [0, 0.1) is 11.8 Å². The van der Waals surface area contributed by atoms with Crippen LogP contribution in [0.5, 0.6) is 0 Å². The summed E-state index contributed by atoms with van der Waals surface area (Å²) in [6, 6.07) is 1.11. The zero-order valence-electron chi connectivity index (χ0n) is 16.2. The highest BCUT2D eigenvalue weighted by atomic mass is 16.1. The van der Waals surface area contributed by atoms with Crippen molar-refractivity contribution >= 4 is 17.3 Å². The first-order valence-electron chi connectivity index (χ1n) is 10.0. The Bertz CT molecular complexity index is 682. The molecule has 0 radical (unpaired) electrons. The number of likely N-dealkylation sites (tertiary alicyclic amines) is 1. The smallest absolute Gasteiger partial charge is 0.225 e. The molecule has 1 aromatic heterocycles. The number of carbonyl (C=O) groups excluding carboxylic acids is 1. The predicted octanol–water partition coefficient (Wildman–Crippen LogP) is 3.17. The second-order valence-electron chi connectivity index (χ2n) is 8.54. The Kier molecular flexibility index (Phi) is 4.82. The van der Waals surface area contributed by atoms with Crippen LogP contribution in [0.25, 0.3) is 5.57 Å². The SMILES string of the molecule is CC(C)C(=O)[C@@H]1CC=C(c2cnc(N3C4CCC3CN(C)C4)nc2)CC1. The summed E-state index contributed by atoms with van der Waals surface area (Å²) in [7, 11) is 2.21. The van der Waals surface area contributed by atoms with Crippen LogP contribution in [0.4, 0.5) is 5.95 Å². The molecule has 2 unspecified atom stereocenters. The van der Waals surface area contributed by atoms with Crippen molar-refractivity contribution in [3.05, 3.63) is 24.0 Å². The summed E-state index contributed by atoms with van der Waals surface area (Å²) in [5.41, 5.74) is 2.41. The Balaban J connectivity index is 1.45. The van der Waals surface area contributed by atoms with Crippen molar-refractivity contribution in [1.82, 2.24) is 14.9 Å². The molecule has 2 fully saturated rings. The van der Waals surface area contributed by atoms with Gasteiger partial charge < -0.3 is 9.80 Å². The van der Waals surface area contributed by atoms with Crippen LogP contribution in [0.3, 0.4) is 0 Å². The van der Waals surface area contributed by atoms with Crippen LogP contribution < -0.4 is 4.90 Å². The first-order chi connectivity index (χ1) is 12.5. The number of rotatable bonds is 4. The molecule has 4 rings (SSSR count). The lowest BCUT2D eigenvalue weighted by Crippen LogP contribution is -2.53. The number of anilines is 1. The maximum Gasteiger partial charge on any atom is 0.225 e. The van der Waals surface area contributed by atoms with E-state index in [0.717, 1.165) is 43.9 Å². The molecule has 3 aliphatic rings. The largest absolute Gasteiger partial charge is 0.332 e. The Morgan fingerprint density at radius 1 is 1.12 bits per heavy atom. The van der Waals surface area contributed by atoms with Gasteiger partial charge in [0.15, 0.2) is 0 Å². The fourth-order valence-electron chi connectivity index (χ4n) is 4.89. The lowest BCUT2D eigenvalue weighted by molar-refractivity contribution is -0.126. The standard InChI is InChI=1S/C21H30N4O/c1-14(2)20(26)16-6-4-15(5-7-16)17-10-22-21(23-11-17)25-18-8-9-19(25)13-24(3)12-18/h4,10-11,14,16,18-19H,5-9,12-13H2,1-3H3/t16-,18?,19?/m1/s1. The van der Waals surface area contributed by atoms with Gasteiger partial charge in [0.2, 0.25) is 5.95 Å². The number of likely N-dealkylation sites (N-methyl/N-ethyl adjacent to an activating group) is 1. The summed E-state index contributed by atoms with van der Waals surface area (Å²) >= 11 is 0. The molecule has 0 spiro atoms. The molecule has 3 heterocycles. The number of allylic oxidation sites excluding steroid dienone is 2. The topological polar surface area (TPSA) is 49.3 Å². The third kappa shape index (κ3) is 3.29. The van der Waals surface area contributed by atoms with E-state index in [2.05, 4.69) is 22.9 Å². The van der Waals surface area contributed by atoms with Gasteiger partial charge in [-0.05, 0) is 44.7 Å². The van der Waals surface area contributed by atoms with E-state index >= 15 is 0 Å². The lowest BCUT2D eigenvalue weighted by Gasteiger charge is -2.39. The van der Waals surface area contributed by atoms with E-state index in [-0.39, 0.29) is 11.8 Å². The number of piperazine rings is 1. The van der Waals surface area contributed by atoms with Gasteiger partial charge in [-0.2, -0.15) is 0 Å². The number of hydrogen-bond donors (Lipinski definition) is 0. The molecule has 1 aromatic rings. The van der Waals surface area contributed by atoms with E-state index < -0.39 is 0 Å². The summed E-state index contributed by atoms with van der Waals surface area (Å²) in [5.74, 6) is 1.62. The van der Waals surface area contributed by atoms with Crippen molar-refractivity contribution in [3.63, 3.8) is 0 Å². The van der Waals surface area contributed by atoms with Crippen molar-refractivity contribution in [3.8, 4) is 0 Å². The number of fused-ring (bicyclic) bond motifs is 2. The highest BCUT2D eigenvalue weighted by Crippen LogP contribution is 2.34. The van der Waals surface area contributed by atoms with Crippen LogP contribution in [0.15, 0.2) is 18.5 Å². The minimum atomic E-state index is 0.136. The summed E-state index contributed by atoms with van der Waals surface area (Å²) in [5, 5.41) is 0. The highest BCUT2D eigenvalue weighted by Gasteiger charge is 2.40. The second-order valence-corrected chi connectivity index (χ2v) is 8.54. The van der Waals surface area contributed by atoms with E-state index in [4.69, 9.17) is 9.97 Å². The molecular weight excluding hydrogens is 324 g/mol. The van der Waals surface area contributed by atoms with E-state index in [1.54, 1.807) is 0 Å². The number of carbonyl (C=O) groups is 1. The minimum Gasteiger partial charge on any atom is -0.332 e. The summed E-state index contributed by atoms with van der Waals surface area (Å²) in [6.07, 6.45) is 11.4. The molecule has 26 heavy (non-hydrogen) atoms. The number of ketones is 1. The molecule has 140 valence electrons. The third-order valence-corrected chi connectivity index (χ3v) is 6.29. The highest BCUT2D eigenvalue weighted by molar-refractivity contribution is 5.84. The molecule has 0 amide bonds. The van der Waals surface area contributed by atoms with E-state index in [9.17, 15) is 4.79 Å². The molecule has 1 aliphatic carbocycles. The van der Waals surface area contributed by atoms with Gasteiger partial charge in [0.25, 0.3) is 0 Å². The Morgan fingerprint density at radius 2 is 1.77 bits per heavy atom. The molecule has 2 saturated heterocycles. The molecule has 0 aromatic carbocycles. The summed E-state index contributed by atoms with van der Waals surface area (Å²) in [4.78, 5) is 26.5. The van der Waals surface area contributed by atoms with E-state index in [1.165, 1.54) is 18.4 Å². The molecule has 5 heteroatoms. The lowest BCUT2D eigenvalue weighted by atomic mass is 9.82. The fraction of sp³-hybridized carbons (Fsp3) is 0.667. The normalized spacial score (nSPS) is 29.2. The van der Waals surface area contributed by atoms with Crippen molar-refractivity contribution < 1.29 is 4.79 Å². The quantitative estimate of drug-likeness (QED) is 0.831. The van der Waals surface area contributed by atoms with Crippen LogP contribution in [0.2, 0.25) is 0 Å². The third-order valence-electron chi connectivity index (χ3n) is 6.29. The number of nitrogens with zero attached hydrogens (tertiary/aromatic N) is 4. The van der Waals surface area contributed by atoms with Gasteiger partial charge in [-0.25, -0.2) is 9.97 Å². The summed E-state index contributed by atoms with van der Waals surface area (Å²) in [6.45, 7) is 6.22. The van der Waals surface area contributed by atoms with Gasteiger partial charge >= 0.3 is 0 Å². The van der Waals surface area contributed by atoms with E-state index in [1.807, 2.05) is 26.2 Å². The molecule has 0 saturated carbocycles. The van der Waals surface area contributed by atoms with Crippen molar-refractivity contribution in [1.29, 1.82) is 0 Å². The zero-order chi connectivity index (χ0) is 18.3. The predicted molar refractivity (Wildman–Crippen MR) is 104 cm³/mol. The van der Waals surface area contributed by atoms with Crippen LogP contribution >= 0.6 is 0 Å². The van der Waals surface area contributed by atoms with Crippen LogP contribution in [-0.4, -0.2) is 52.9 Å². The average Bonchev–Trinajstić information content (AvgIpc) is 2.92. The van der Waals surface area contributed by atoms with E-state index in [0.29, 0.717) is 17.9 Å². The number of hydrogen-bond acceptors (Lipinski definition) is 5. The summed E-state index contributed by atoms with van der Waals surface area (Å²) < 4.78 is 0. The van der Waals surface area contributed by atoms with Gasteiger partial charge in [0, 0.05) is 55.0 Å². The van der Waals surface area contributed by atoms with Gasteiger partial charge in [0.1, 0.15) is 5.78 Å². The molecule has 5 nitrogen and oxygen atoms in total. The zero-order valence-corrected chi connectivity index (χ0v) is 16.2. The average molecular weight is 354 g/mol. The first kappa shape index (κ1) is 17.7. The van der Waals surface area contributed by atoms with Crippen molar-refractivity contribution in [2.24, 2.45) is 11.8 Å². The van der Waals surface area contributed by atoms with Gasteiger partial charge in [0.05, 0.1) is 0 Å². The van der Waals surface area contributed by atoms with Crippen molar-refractivity contribution in [2.75, 3.05) is 25.0 Å². The van der Waals surface area contributed by atoms with Crippen LogP contribution in [0.1, 0.15) is 51.5 Å². The Hall–Kier alpha value is -1.75. The molecule has 2 bridgehead atoms. The van der Waals surface area contributed by atoms with Crippen molar-refractivity contribution in [2.45, 2.75) is 58.0 Å². The minimum absolute atomic E-state index is 0.136. The van der Waals surface area contributed by atoms with Gasteiger partial charge in [-0.1, -0.05) is 19.9 Å². The first-order valence-corrected chi connectivity index (χ1v) is 10.0. The Morgan fingerprint density at radius 3 is 2.31 bits per heavy atom. The van der Waals surface area contributed by atoms with Gasteiger partial charge in [-0.15, -0.1) is 0 Å². The monoisotopic (exact) mass is 354 g/mol. The van der Waals surface area contributed by atoms with Gasteiger partial charge in [-0.3, -0.25) is 4.79 Å². The molecule has 0 N–H and O–H groups in total. The van der Waals surface area contributed by atoms with Crippen LogP contribution in [-0.2, 0) is 4.79 Å².